The molecule has 0 radical (unpaired) electrons. The summed E-state index contributed by atoms with van der Waals surface area (Å²) in [6.45, 7) is 4.03. The number of aromatic nitrogens is 1. The highest BCUT2D eigenvalue weighted by Crippen LogP contribution is 2.21. The average molecular weight is 260 g/mol. The summed E-state index contributed by atoms with van der Waals surface area (Å²) in [5, 5.41) is 0. The molecule has 3 rings (SSSR count). The van der Waals surface area contributed by atoms with Crippen molar-refractivity contribution in [3.63, 3.8) is 0 Å². The summed E-state index contributed by atoms with van der Waals surface area (Å²) in [5.41, 5.74) is 6.09. The minimum atomic E-state index is 0.00833. The topological polar surface area (TPSA) is 62.5 Å². The molecule has 102 valence electrons. The number of amides is 1. The normalized spacial score (nSPS) is 24.0. The summed E-state index contributed by atoms with van der Waals surface area (Å²) < 4.78 is 0. The van der Waals surface area contributed by atoms with Gasteiger partial charge in [-0.25, -0.2) is 4.98 Å². The molecule has 2 fully saturated rings. The van der Waals surface area contributed by atoms with E-state index in [0.29, 0.717) is 17.6 Å². The number of rotatable bonds is 2. The molecule has 0 bridgehead atoms. The Balaban J connectivity index is 1.65. The lowest BCUT2D eigenvalue weighted by Gasteiger charge is -2.23. The van der Waals surface area contributed by atoms with Crippen LogP contribution in [0.4, 0.5) is 5.82 Å². The van der Waals surface area contributed by atoms with Crippen molar-refractivity contribution in [3.05, 3.63) is 23.9 Å². The molecule has 5 heteroatoms. The molecule has 0 spiro atoms. The van der Waals surface area contributed by atoms with E-state index in [1.165, 1.54) is 25.9 Å². The van der Waals surface area contributed by atoms with Crippen LogP contribution in [0.3, 0.4) is 0 Å². The molecule has 3 heterocycles. The van der Waals surface area contributed by atoms with E-state index in [2.05, 4.69) is 9.88 Å². The van der Waals surface area contributed by atoms with Gasteiger partial charge in [0.25, 0.3) is 5.91 Å². The van der Waals surface area contributed by atoms with E-state index < -0.39 is 0 Å². The van der Waals surface area contributed by atoms with Crippen molar-refractivity contribution in [2.75, 3.05) is 31.9 Å². The molecule has 0 aliphatic carbocycles. The fourth-order valence-corrected chi connectivity index (χ4v) is 3.06. The van der Waals surface area contributed by atoms with Gasteiger partial charge in [0.1, 0.15) is 11.5 Å². The summed E-state index contributed by atoms with van der Waals surface area (Å²) in [7, 11) is 0. The van der Waals surface area contributed by atoms with E-state index in [9.17, 15) is 4.79 Å². The average Bonchev–Trinajstić information content (AvgIpc) is 3.08. The Morgan fingerprint density at radius 1 is 1.26 bits per heavy atom. The van der Waals surface area contributed by atoms with Gasteiger partial charge in [0, 0.05) is 19.1 Å². The van der Waals surface area contributed by atoms with E-state index in [1.54, 1.807) is 18.2 Å². The summed E-state index contributed by atoms with van der Waals surface area (Å²) in [4.78, 5) is 20.9. The van der Waals surface area contributed by atoms with E-state index in [1.807, 2.05) is 4.90 Å². The maximum atomic E-state index is 12.3. The molecule has 2 N–H and O–H groups in total. The molecular formula is C14H20N4O. The number of nitrogen functional groups attached to an aromatic ring is 1. The first-order valence-electron chi connectivity index (χ1n) is 7.00. The number of anilines is 1. The van der Waals surface area contributed by atoms with E-state index >= 15 is 0 Å². The molecule has 2 aliphatic heterocycles. The van der Waals surface area contributed by atoms with E-state index in [4.69, 9.17) is 5.73 Å². The molecule has 5 nitrogen and oxygen atoms in total. The molecule has 1 atom stereocenters. The quantitative estimate of drug-likeness (QED) is 0.861. The number of pyridine rings is 1. The van der Waals surface area contributed by atoms with Crippen LogP contribution in [-0.2, 0) is 0 Å². The zero-order chi connectivity index (χ0) is 13.2. The van der Waals surface area contributed by atoms with Crippen LogP contribution in [0.15, 0.2) is 18.2 Å². The van der Waals surface area contributed by atoms with E-state index in [0.717, 1.165) is 19.5 Å². The number of carbonyl (C=O) groups is 1. The fraction of sp³-hybridized carbons (Fsp3) is 0.571. The number of nitrogens with two attached hydrogens (primary N) is 1. The Hall–Kier alpha value is -1.62. The van der Waals surface area contributed by atoms with Crippen LogP contribution in [-0.4, -0.2) is 52.9 Å². The third-order valence-corrected chi connectivity index (χ3v) is 4.10. The summed E-state index contributed by atoms with van der Waals surface area (Å²) in [6.07, 6.45) is 3.66. The standard InChI is InChI=1S/C14H20N4O/c15-13-5-3-4-12(16-13)14(19)18-9-6-11(10-18)17-7-1-2-8-17/h3-5,11H,1-2,6-10H2,(H2,15,16)/t11-/m0/s1. The molecule has 1 aromatic heterocycles. The second kappa shape index (κ2) is 5.17. The van der Waals surface area contributed by atoms with Crippen molar-refractivity contribution < 1.29 is 4.79 Å². The Labute approximate surface area is 113 Å². The van der Waals surface area contributed by atoms with Gasteiger partial charge in [0.05, 0.1) is 0 Å². The number of hydrogen-bond donors (Lipinski definition) is 1. The highest BCUT2D eigenvalue weighted by molar-refractivity contribution is 5.92. The predicted octanol–water partition coefficient (Wildman–Crippen LogP) is 0.974. The molecule has 2 saturated heterocycles. The largest absolute Gasteiger partial charge is 0.384 e. The van der Waals surface area contributed by atoms with Crippen LogP contribution in [0, 0.1) is 0 Å². The number of likely N-dealkylation sites (tertiary alicyclic amines) is 2. The van der Waals surface area contributed by atoms with Gasteiger partial charge < -0.3 is 10.6 Å². The van der Waals surface area contributed by atoms with Crippen molar-refractivity contribution in [2.24, 2.45) is 0 Å². The molecule has 1 aromatic rings. The highest BCUT2D eigenvalue weighted by atomic mass is 16.2. The second-order valence-corrected chi connectivity index (χ2v) is 5.38. The molecule has 0 unspecified atom stereocenters. The Morgan fingerprint density at radius 3 is 2.79 bits per heavy atom. The third-order valence-electron chi connectivity index (χ3n) is 4.10. The first kappa shape index (κ1) is 12.4. The Kier molecular flexibility index (Phi) is 3.38. The summed E-state index contributed by atoms with van der Waals surface area (Å²) in [6, 6.07) is 5.76. The zero-order valence-corrected chi connectivity index (χ0v) is 11.1. The molecule has 2 aliphatic rings. The summed E-state index contributed by atoms with van der Waals surface area (Å²) in [5.74, 6) is 0.412. The van der Waals surface area contributed by atoms with Crippen molar-refractivity contribution in [1.82, 2.24) is 14.8 Å². The SMILES string of the molecule is Nc1cccc(C(=O)N2CC[C@H](N3CCCC3)C2)n1. The predicted molar refractivity (Wildman–Crippen MR) is 73.8 cm³/mol. The lowest BCUT2D eigenvalue weighted by Crippen LogP contribution is -2.37. The molecule has 19 heavy (non-hydrogen) atoms. The first-order valence-corrected chi connectivity index (χ1v) is 7.00. The monoisotopic (exact) mass is 260 g/mol. The zero-order valence-electron chi connectivity index (χ0n) is 11.1. The van der Waals surface area contributed by atoms with Crippen molar-refractivity contribution in [1.29, 1.82) is 0 Å². The van der Waals surface area contributed by atoms with Crippen LogP contribution >= 0.6 is 0 Å². The van der Waals surface area contributed by atoms with Crippen LogP contribution < -0.4 is 5.73 Å². The van der Waals surface area contributed by atoms with Crippen molar-refractivity contribution >= 4 is 11.7 Å². The lowest BCUT2D eigenvalue weighted by molar-refractivity contribution is 0.0774. The number of carbonyl (C=O) groups excluding carboxylic acids is 1. The van der Waals surface area contributed by atoms with Crippen LogP contribution in [0.5, 0.6) is 0 Å². The van der Waals surface area contributed by atoms with Crippen LogP contribution in [0.1, 0.15) is 29.8 Å². The van der Waals surface area contributed by atoms with E-state index in [-0.39, 0.29) is 5.91 Å². The van der Waals surface area contributed by atoms with Gasteiger partial charge in [-0.1, -0.05) is 6.07 Å². The second-order valence-electron chi connectivity index (χ2n) is 5.38. The van der Waals surface area contributed by atoms with Crippen LogP contribution in [0.2, 0.25) is 0 Å². The number of hydrogen-bond acceptors (Lipinski definition) is 4. The summed E-state index contributed by atoms with van der Waals surface area (Å²) >= 11 is 0. The van der Waals surface area contributed by atoms with Crippen molar-refractivity contribution in [2.45, 2.75) is 25.3 Å². The molecular weight excluding hydrogens is 240 g/mol. The van der Waals surface area contributed by atoms with Gasteiger partial charge >= 0.3 is 0 Å². The Bertz CT molecular complexity index is 470. The van der Waals surface area contributed by atoms with Crippen molar-refractivity contribution in [3.8, 4) is 0 Å². The third kappa shape index (κ3) is 2.56. The van der Waals surface area contributed by atoms with Gasteiger partial charge in [-0.05, 0) is 44.5 Å². The van der Waals surface area contributed by atoms with Gasteiger partial charge in [-0.3, -0.25) is 9.69 Å². The lowest BCUT2D eigenvalue weighted by atomic mass is 10.2. The smallest absolute Gasteiger partial charge is 0.272 e. The fourth-order valence-electron chi connectivity index (χ4n) is 3.06. The minimum Gasteiger partial charge on any atom is -0.384 e. The van der Waals surface area contributed by atoms with Crippen LogP contribution in [0.25, 0.3) is 0 Å². The van der Waals surface area contributed by atoms with Gasteiger partial charge in [-0.2, -0.15) is 0 Å². The maximum absolute atomic E-state index is 12.3. The highest BCUT2D eigenvalue weighted by Gasteiger charge is 2.32. The first-order chi connectivity index (χ1) is 9.24. The number of nitrogens with zero attached hydrogens (tertiary/aromatic N) is 3. The van der Waals surface area contributed by atoms with Gasteiger partial charge in [-0.15, -0.1) is 0 Å². The van der Waals surface area contributed by atoms with Gasteiger partial charge in [0.15, 0.2) is 0 Å². The minimum absolute atomic E-state index is 0.00833. The Morgan fingerprint density at radius 2 is 2.05 bits per heavy atom. The molecule has 0 saturated carbocycles. The van der Waals surface area contributed by atoms with Gasteiger partial charge in [0.2, 0.25) is 0 Å². The molecule has 0 aromatic carbocycles. The maximum Gasteiger partial charge on any atom is 0.272 e. The molecule has 1 amide bonds.